The number of aromatic nitrogens is 2. The summed E-state index contributed by atoms with van der Waals surface area (Å²) in [6.45, 7) is 1.41. The molecule has 2 heterocycles. The molecule has 0 atom stereocenters. The van der Waals surface area contributed by atoms with E-state index < -0.39 is 27.5 Å². The topological polar surface area (TPSA) is 59.9 Å². The van der Waals surface area contributed by atoms with Crippen LogP contribution < -0.4 is 0 Å². The lowest BCUT2D eigenvalue weighted by Crippen LogP contribution is -2.33. The van der Waals surface area contributed by atoms with Gasteiger partial charge in [0.05, 0.1) is 16.3 Å². The molecule has 0 N–H and O–H groups in total. The molecule has 10 heteroatoms. The fraction of sp³-hybridized carbons (Fsp3) is 0.286. The third-order valence-corrected chi connectivity index (χ3v) is 4.97. The molecule has 0 aliphatic heterocycles. The minimum atomic E-state index is -5.75. The Bertz CT molecular complexity index is 833. The lowest BCUT2D eigenvalue weighted by molar-refractivity contribution is -0.289. The Balaban J connectivity index is 2.51. The highest BCUT2D eigenvalue weighted by molar-refractivity contribution is 7.91. The number of alkyl halides is 5. The minimum Gasteiger partial charge on any atom is -0.254 e. The molecule has 0 aromatic carbocycles. The van der Waals surface area contributed by atoms with E-state index in [0.29, 0.717) is 12.3 Å². The van der Waals surface area contributed by atoms with E-state index in [4.69, 9.17) is 0 Å². The molecule has 2 rings (SSSR count). The lowest BCUT2D eigenvalue weighted by atomic mass is 10.1. The summed E-state index contributed by atoms with van der Waals surface area (Å²) in [5.74, 6) is -5.28. The standard InChI is InChI=1S/C14H11F5N2O2S/c1-2-24(22,23)11-4-3-7-20-12(11)10-6-5-9(8-21-10)13(15,16)14(17,18)19/h3-8H,2H2,1H3. The Kier molecular flexibility index (Phi) is 4.62. The van der Waals surface area contributed by atoms with Crippen molar-refractivity contribution in [3.8, 4) is 11.4 Å². The van der Waals surface area contributed by atoms with E-state index in [-0.39, 0.29) is 22.0 Å². The summed E-state index contributed by atoms with van der Waals surface area (Å²) in [5, 5.41) is 0. The van der Waals surface area contributed by atoms with Gasteiger partial charge < -0.3 is 0 Å². The molecule has 0 bridgehead atoms. The van der Waals surface area contributed by atoms with Crippen LogP contribution in [0.2, 0.25) is 0 Å². The molecule has 2 aromatic heterocycles. The van der Waals surface area contributed by atoms with Crippen molar-refractivity contribution >= 4 is 9.84 Å². The summed E-state index contributed by atoms with van der Waals surface area (Å²) in [5.41, 5.74) is -1.57. The van der Waals surface area contributed by atoms with Crippen LogP contribution in [0.3, 0.4) is 0 Å². The Morgan fingerprint density at radius 1 is 1.04 bits per heavy atom. The molecule has 0 saturated heterocycles. The Hall–Kier alpha value is -2.10. The van der Waals surface area contributed by atoms with Gasteiger partial charge in [-0.05, 0) is 24.3 Å². The Morgan fingerprint density at radius 3 is 2.21 bits per heavy atom. The van der Waals surface area contributed by atoms with Gasteiger partial charge in [-0.15, -0.1) is 0 Å². The van der Waals surface area contributed by atoms with E-state index in [2.05, 4.69) is 9.97 Å². The molecule has 0 fully saturated rings. The summed E-state index contributed by atoms with van der Waals surface area (Å²) in [7, 11) is -3.67. The summed E-state index contributed by atoms with van der Waals surface area (Å²) in [6.07, 6.45) is -4.12. The summed E-state index contributed by atoms with van der Waals surface area (Å²) < 4.78 is 87.5. The quantitative estimate of drug-likeness (QED) is 0.776. The molecule has 0 spiro atoms. The zero-order valence-corrected chi connectivity index (χ0v) is 13.0. The maximum atomic E-state index is 13.2. The van der Waals surface area contributed by atoms with Crippen molar-refractivity contribution in [2.45, 2.75) is 23.9 Å². The van der Waals surface area contributed by atoms with E-state index in [0.717, 1.165) is 6.07 Å². The molecular weight excluding hydrogens is 355 g/mol. The van der Waals surface area contributed by atoms with Crippen LogP contribution in [0, 0.1) is 0 Å². The average molecular weight is 366 g/mol. The highest BCUT2D eigenvalue weighted by atomic mass is 32.2. The van der Waals surface area contributed by atoms with Crippen LogP contribution in [0.15, 0.2) is 41.6 Å². The second-order valence-electron chi connectivity index (χ2n) is 4.76. The first kappa shape index (κ1) is 18.2. The molecule has 0 amide bonds. The SMILES string of the molecule is CCS(=O)(=O)c1cccnc1-c1ccc(C(F)(F)C(F)(F)F)cn1. The number of rotatable bonds is 4. The zero-order chi connectivity index (χ0) is 18.2. The van der Waals surface area contributed by atoms with Crippen LogP contribution in [0.1, 0.15) is 12.5 Å². The summed E-state index contributed by atoms with van der Waals surface area (Å²) in [6, 6.07) is 4.07. The van der Waals surface area contributed by atoms with Gasteiger partial charge in [-0.3, -0.25) is 9.97 Å². The van der Waals surface area contributed by atoms with Gasteiger partial charge in [0.15, 0.2) is 9.84 Å². The number of hydrogen-bond donors (Lipinski definition) is 0. The predicted molar refractivity (Wildman–Crippen MR) is 75.1 cm³/mol. The molecule has 0 radical (unpaired) electrons. The molecule has 0 unspecified atom stereocenters. The van der Waals surface area contributed by atoms with Gasteiger partial charge in [-0.2, -0.15) is 22.0 Å². The molecule has 2 aromatic rings. The smallest absolute Gasteiger partial charge is 0.254 e. The van der Waals surface area contributed by atoms with Crippen LogP contribution in [-0.2, 0) is 15.8 Å². The van der Waals surface area contributed by atoms with Crippen molar-refractivity contribution in [2.75, 3.05) is 5.75 Å². The van der Waals surface area contributed by atoms with Crippen LogP contribution in [0.25, 0.3) is 11.4 Å². The molecular formula is C14H11F5N2O2S. The average Bonchev–Trinajstić information content (AvgIpc) is 2.54. The van der Waals surface area contributed by atoms with E-state index >= 15 is 0 Å². The maximum Gasteiger partial charge on any atom is 0.458 e. The van der Waals surface area contributed by atoms with Crippen molar-refractivity contribution in [1.29, 1.82) is 0 Å². The lowest BCUT2D eigenvalue weighted by Gasteiger charge is -2.19. The van der Waals surface area contributed by atoms with Crippen LogP contribution >= 0.6 is 0 Å². The number of pyridine rings is 2. The molecule has 0 aliphatic carbocycles. The zero-order valence-electron chi connectivity index (χ0n) is 12.2. The van der Waals surface area contributed by atoms with Gasteiger partial charge in [0.25, 0.3) is 0 Å². The first-order valence-corrected chi connectivity index (χ1v) is 8.25. The normalized spacial score (nSPS) is 13.1. The third kappa shape index (κ3) is 3.23. The van der Waals surface area contributed by atoms with Crippen LogP contribution in [0.5, 0.6) is 0 Å². The predicted octanol–water partition coefficient (Wildman–Crippen LogP) is 3.59. The van der Waals surface area contributed by atoms with Crippen molar-refractivity contribution < 1.29 is 30.4 Å². The van der Waals surface area contributed by atoms with Gasteiger partial charge in [-0.1, -0.05) is 6.92 Å². The Labute approximate surface area is 134 Å². The minimum absolute atomic E-state index is 0.110. The van der Waals surface area contributed by atoms with Crippen molar-refractivity contribution in [1.82, 2.24) is 9.97 Å². The monoisotopic (exact) mass is 366 g/mol. The first-order chi connectivity index (χ1) is 11.0. The fourth-order valence-electron chi connectivity index (χ4n) is 1.87. The highest BCUT2D eigenvalue weighted by Gasteiger charge is 2.58. The molecule has 24 heavy (non-hydrogen) atoms. The second-order valence-corrected chi connectivity index (χ2v) is 7.00. The fourth-order valence-corrected chi connectivity index (χ4v) is 2.92. The van der Waals surface area contributed by atoms with Gasteiger partial charge in [0.2, 0.25) is 0 Å². The third-order valence-electron chi connectivity index (χ3n) is 3.21. The number of halogens is 5. The highest BCUT2D eigenvalue weighted by Crippen LogP contribution is 2.43. The van der Waals surface area contributed by atoms with E-state index in [1.807, 2.05) is 0 Å². The van der Waals surface area contributed by atoms with E-state index in [1.54, 1.807) is 0 Å². The summed E-state index contributed by atoms with van der Waals surface area (Å²) in [4.78, 5) is 7.21. The maximum absolute atomic E-state index is 13.2. The number of hydrogen-bond acceptors (Lipinski definition) is 4. The van der Waals surface area contributed by atoms with Gasteiger partial charge in [0.1, 0.15) is 5.69 Å². The summed E-state index contributed by atoms with van der Waals surface area (Å²) >= 11 is 0. The van der Waals surface area contributed by atoms with Crippen molar-refractivity contribution in [3.63, 3.8) is 0 Å². The molecule has 4 nitrogen and oxygen atoms in total. The largest absolute Gasteiger partial charge is 0.458 e. The van der Waals surface area contributed by atoms with E-state index in [9.17, 15) is 30.4 Å². The number of sulfone groups is 1. The Morgan fingerprint density at radius 2 is 1.71 bits per heavy atom. The van der Waals surface area contributed by atoms with E-state index in [1.165, 1.54) is 25.3 Å². The molecule has 130 valence electrons. The number of nitrogens with zero attached hydrogens (tertiary/aromatic N) is 2. The van der Waals surface area contributed by atoms with Gasteiger partial charge in [-0.25, -0.2) is 8.42 Å². The van der Waals surface area contributed by atoms with Gasteiger partial charge >= 0.3 is 12.1 Å². The molecule has 0 aliphatic rings. The second kappa shape index (κ2) is 6.08. The van der Waals surface area contributed by atoms with Crippen LogP contribution in [0.4, 0.5) is 22.0 Å². The molecule has 0 saturated carbocycles. The first-order valence-electron chi connectivity index (χ1n) is 6.60. The van der Waals surface area contributed by atoms with Gasteiger partial charge in [0, 0.05) is 18.0 Å². The van der Waals surface area contributed by atoms with Crippen molar-refractivity contribution in [3.05, 3.63) is 42.2 Å². The van der Waals surface area contributed by atoms with Crippen molar-refractivity contribution in [2.24, 2.45) is 0 Å². The van der Waals surface area contributed by atoms with Crippen LogP contribution in [-0.4, -0.2) is 30.3 Å².